The van der Waals surface area contributed by atoms with Gasteiger partial charge in [-0.1, -0.05) is 6.07 Å². The van der Waals surface area contributed by atoms with Crippen molar-refractivity contribution in [3.8, 4) is 16.3 Å². The molecule has 2 aromatic heterocycles. The molecule has 1 aromatic carbocycles. The number of methoxy groups -OCH3 is 2. The van der Waals surface area contributed by atoms with Crippen molar-refractivity contribution >= 4 is 23.2 Å². The van der Waals surface area contributed by atoms with Gasteiger partial charge in [0.15, 0.2) is 0 Å². The molecule has 0 aliphatic heterocycles. The molecule has 0 saturated carbocycles. The van der Waals surface area contributed by atoms with Crippen LogP contribution in [0.1, 0.15) is 42.5 Å². The lowest BCUT2D eigenvalue weighted by Gasteiger charge is -2.10. The molecule has 0 unspecified atom stereocenters. The molecular weight excluding hydrogens is 432 g/mol. The fraction of sp³-hybridized carbons (Fsp3) is 0.318. The number of ether oxygens (including phenoxy) is 2. The van der Waals surface area contributed by atoms with E-state index in [1.807, 2.05) is 13.8 Å². The van der Waals surface area contributed by atoms with E-state index < -0.39 is 5.97 Å². The van der Waals surface area contributed by atoms with Gasteiger partial charge in [-0.15, -0.1) is 11.3 Å². The number of carbonyl (C=O) groups is 2. The van der Waals surface area contributed by atoms with Crippen molar-refractivity contribution in [2.45, 2.75) is 27.3 Å². The van der Waals surface area contributed by atoms with E-state index in [1.54, 1.807) is 32.2 Å². The topological polar surface area (TPSA) is 112 Å². The van der Waals surface area contributed by atoms with Crippen molar-refractivity contribution in [3.05, 3.63) is 61.5 Å². The summed E-state index contributed by atoms with van der Waals surface area (Å²) < 4.78 is 11.2. The molecule has 0 fully saturated rings. The number of rotatable bonds is 6. The van der Waals surface area contributed by atoms with Crippen LogP contribution in [0.3, 0.4) is 0 Å². The van der Waals surface area contributed by atoms with Crippen LogP contribution in [0.2, 0.25) is 0 Å². The van der Waals surface area contributed by atoms with Gasteiger partial charge < -0.3 is 14.8 Å². The van der Waals surface area contributed by atoms with Crippen molar-refractivity contribution in [2.75, 3.05) is 14.2 Å². The molecule has 1 N–H and O–H groups in total. The van der Waals surface area contributed by atoms with E-state index in [0.717, 1.165) is 22.6 Å². The number of amides is 1. The summed E-state index contributed by atoms with van der Waals surface area (Å²) in [6, 6.07) is 5.01. The number of hydrogen-bond donors (Lipinski definition) is 1. The number of nitrogens with zero attached hydrogens (tertiary/aromatic N) is 3. The molecule has 32 heavy (non-hydrogen) atoms. The number of carbonyl (C=O) groups excluding carboxylic acids is 2. The fourth-order valence-electron chi connectivity index (χ4n) is 3.21. The Bertz CT molecular complexity index is 1260. The van der Waals surface area contributed by atoms with Gasteiger partial charge in [-0.25, -0.2) is 14.5 Å². The van der Waals surface area contributed by atoms with Gasteiger partial charge in [0, 0.05) is 13.6 Å². The van der Waals surface area contributed by atoms with Crippen LogP contribution in [0.5, 0.6) is 5.75 Å². The second-order valence-electron chi connectivity index (χ2n) is 7.16. The van der Waals surface area contributed by atoms with Crippen LogP contribution in [-0.2, 0) is 18.3 Å². The minimum atomic E-state index is -0.525. The molecule has 0 atom stereocenters. The van der Waals surface area contributed by atoms with Gasteiger partial charge in [0.1, 0.15) is 21.2 Å². The van der Waals surface area contributed by atoms with Gasteiger partial charge in [-0.3, -0.25) is 9.59 Å². The van der Waals surface area contributed by atoms with Crippen LogP contribution < -0.4 is 15.6 Å². The lowest BCUT2D eigenvalue weighted by molar-refractivity contribution is 0.0597. The Labute approximate surface area is 189 Å². The monoisotopic (exact) mass is 456 g/mol. The van der Waals surface area contributed by atoms with Gasteiger partial charge in [-0.2, -0.15) is 5.10 Å². The van der Waals surface area contributed by atoms with Gasteiger partial charge in [0.05, 0.1) is 31.2 Å². The summed E-state index contributed by atoms with van der Waals surface area (Å²) in [5.74, 6) is -0.455. The highest BCUT2D eigenvalue weighted by atomic mass is 32.1. The molecule has 9 nitrogen and oxygen atoms in total. The highest BCUT2D eigenvalue weighted by Crippen LogP contribution is 2.28. The maximum Gasteiger partial charge on any atom is 0.341 e. The third-order valence-electron chi connectivity index (χ3n) is 5.06. The van der Waals surface area contributed by atoms with Crippen molar-refractivity contribution in [2.24, 2.45) is 7.05 Å². The molecular formula is C22H24N4O5S. The van der Waals surface area contributed by atoms with Crippen molar-refractivity contribution in [3.63, 3.8) is 0 Å². The molecule has 10 heteroatoms. The maximum absolute atomic E-state index is 12.8. The summed E-state index contributed by atoms with van der Waals surface area (Å²) in [6.07, 6.45) is 0. The number of aryl methyl sites for hydroxylation is 3. The summed E-state index contributed by atoms with van der Waals surface area (Å²) in [5.41, 5.74) is 3.16. The maximum atomic E-state index is 12.8. The number of thiazole rings is 1. The second-order valence-corrected chi connectivity index (χ2v) is 8.16. The SMILES string of the molecule is COC(=O)c1cc(CNC(=O)c2sc(-c3c(C)c(C)nn(C)c3=O)nc2C)ccc1OC. The summed E-state index contributed by atoms with van der Waals surface area (Å²) >= 11 is 1.16. The Hall–Kier alpha value is -3.53. The Balaban J connectivity index is 1.85. The zero-order valence-electron chi connectivity index (χ0n) is 18.7. The lowest BCUT2D eigenvalue weighted by Crippen LogP contribution is -2.23. The minimum Gasteiger partial charge on any atom is -0.496 e. The smallest absolute Gasteiger partial charge is 0.341 e. The van der Waals surface area contributed by atoms with Crippen LogP contribution in [0.15, 0.2) is 23.0 Å². The molecule has 0 spiro atoms. The zero-order valence-corrected chi connectivity index (χ0v) is 19.5. The average Bonchev–Trinajstić information content (AvgIpc) is 3.16. The van der Waals surface area contributed by atoms with E-state index in [-0.39, 0.29) is 23.6 Å². The summed E-state index contributed by atoms with van der Waals surface area (Å²) in [6.45, 7) is 5.56. The Kier molecular flexibility index (Phi) is 6.73. The van der Waals surface area contributed by atoms with E-state index in [9.17, 15) is 14.4 Å². The Morgan fingerprint density at radius 2 is 1.88 bits per heavy atom. The van der Waals surface area contributed by atoms with Gasteiger partial charge >= 0.3 is 5.97 Å². The van der Waals surface area contributed by atoms with E-state index in [1.165, 1.54) is 18.9 Å². The van der Waals surface area contributed by atoms with Crippen LogP contribution in [0.4, 0.5) is 0 Å². The summed E-state index contributed by atoms with van der Waals surface area (Å²) in [5, 5.41) is 7.50. The van der Waals surface area contributed by atoms with Crippen molar-refractivity contribution in [1.82, 2.24) is 20.1 Å². The number of aromatic nitrogens is 3. The summed E-state index contributed by atoms with van der Waals surface area (Å²) in [7, 11) is 4.34. The number of nitrogens with one attached hydrogen (secondary N) is 1. The quantitative estimate of drug-likeness (QED) is 0.567. The van der Waals surface area contributed by atoms with Crippen LogP contribution in [0, 0.1) is 20.8 Å². The molecule has 3 aromatic rings. The largest absolute Gasteiger partial charge is 0.496 e. The molecule has 2 heterocycles. The predicted molar refractivity (Wildman–Crippen MR) is 120 cm³/mol. The first kappa shape index (κ1) is 23.1. The van der Waals surface area contributed by atoms with E-state index in [4.69, 9.17) is 9.47 Å². The van der Waals surface area contributed by atoms with Gasteiger partial charge in [0.2, 0.25) is 0 Å². The zero-order chi connectivity index (χ0) is 23.6. The van der Waals surface area contributed by atoms with E-state index in [0.29, 0.717) is 32.5 Å². The second kappa shape index (κ2) is 9.31. The third-order valence-corrected chi connectivity index (χ3v) is 6.24. The summed E-state index contributed by atoms with van der Waals surface area (Å²) in [4.78, 5) is 42.3. The average molecular weight is 457 g/mol. The molecule has 3 rings (SSSR count). The number of hydrogen-bond acceptors (Lipinski definition) is 8. The predicted octanol–water partition coefficient (Wildman–Crippen LogP) is 2.55. The Morgan fingerprint density at radius 1 is 1.16 bits per heavy atom. The number of esters is 1. The first-order chi connectivity index (χ1) is 15.2. The molecule has 1 amide bonds. The lowest BCUT2D eigenvalue weighted by atomic mass is 10.1. The van der Waals surface area contributed by atoms with Crippen LogP contribution >= 0.6 is 11.3 Å². The molecule has 0 aliphatic rings. The highest BCUT2D eigenvalue weighted by molar-refractivity contribution is 7.17. The van der Waals surface area contributed by atoms with Gasteiger partial charge in [-0.05, 0) is 44.0 Å². The minimum absolute atomic E-state index is 0.189. The van der Waals surface area contributed by atoms with Crippen molar-refractivity contribution < 1.29 is 19.1 Å². The molecule has 0 radical (unpaired) electrons. The van der Waals surface area contributed by atoms with Crippen LogP contribution in [0.25, 0.3) is 10.6 Å². The van der Waals surface area contributed by atoms with Crippen LogP contribution in [-0.4, -0.2) is 40.9 Å². The Morgan fingerprint density at radius 3 is 2.53 bits per heavy atom. The molecule has 0 saturated heterocycles. The van der Waals surface area contributed by atoms with Gasteiger partial charge in [0.25, 0.3) is 11.5 Å². The first-order valence-electron chi connectivity index (χ1n) is 9.73. The van der Waals surface area contributed by atoms with E-state index >= 15 is 0 Å². The standard InChI is InChI=1S/C22H24N4O5S/c1-11-12(2)25-26(4)21(28)17(11)20-24-13(3)18(32-20)19(27)23-10-14-7-8-16(30-5)15(9-14)22(29)31-6/h7-9H,10H2,1-6H3,(H,23,27). The first-order valence-corrected chi connectivity index (χ1v) is 10.5. The third kappa shape index (κ3) is 4.40. The van der Waals surface area contributed by atoms with Crippen molar-refractivity contribution in [1.29, 1.82) is 0 Å². The van der Waals surface area contributed by atoms with E-state index in [2.05, 4.69) is 15.4 Å². The normalized spacial score (nSPS) is 10.7. The number of benzene rings is 1. The molecule has 168 valence electrons. The molecule has 0 aliphatic carbocycles. The fourth-order valence-corrected chi connectivity index (χ4v) is 4.29. The molecule has 0 bridgehead atoms. The highest BCUT2D eigenvalue weighted by Gasteiger charge is 2.21.